The molecule has 11 nitrogen and oxygen atoms in total. The highest BCUT2D eigenvalue weighted by Gasteiger charge is 2.45. The van der Waals surface area contributed by atoms with Gasteiger partial charge in [0.1, 0.15) is 17.7 Å². The van der Waals surface area contributed by atoms with Crippen LogP contribution in [0.3, 0.4) is 0 Å². The van der Waals surface area contributed by atoms with Crippen LogP contribution >= 0.6 is 0 Å². The van der Waals surface area contributed by atoms with E-state index in [1.807, 2.05) is 6.07 Å². The van der Waals surface area contributed by atoms with Gasteiger partial charge >= 0.3 is 11.9 Å². The van der Waals surface area contributed by atoms with Crippen molar-refractivity contribution in [2.75, 3.05) is 20.3 Å². The fourth-order valence-electron chi connectivity index (χ4n) is 3.68. The predicted octanol–water partition coefficient (Wildman–Crippen LogP) is 2.79. The molecule has 0 saturated carbocycles. The third-order valence-electron chi connectivity index (χ3n) is 5.15. The number of benzene rings is 1. The van der Waals surface area contributed by atoms with Crippen LogP contribution in [0.15, 0.2) is 34.5 Å². The second-order valence-corrected chi connectivity index (χ2v) is 7.88. The summed E-state index contributed by atoms with van der Waals surface area (Å²) >= 11 is 0. The number of unbranched alkanes of at least 4 members (excludes halogenated alkanes) is 1. The van der Waals surface area contributed by atoms with E-state index in [4.69, 9.17) is 19.9 Å². The van der Waals surface area contributed by atoms with Crippen molar-refractivity contribution in [1.29, 1.82) is 5.26 Å². The van der Waals surface area contributed by atoms with Gasteiger partial charge in [0.15, 0.2) is 5.70 Å². The topological polar surface area (TPSA) is 167 Å². The number of non-ortho nitro benzene ring substituents is 1. The second-order valence-electron chi connectivity index (χ2n) is 7.88. The fraction of sp³-hybridized carbons (Fsp3) is 0.478. The minimum Gasteiger partial charge on any atom is -0.493 e. The lowest BCUT2D eigenvalue weighted by molar-refractivity contribution is -0.385. The normalized spacial score (nSPS) is 17.6. The average Bonchev–Trinajstić information content (AvgIpc) is 2.79. The van der Waals surface area contributed by atoms with Crippen molar-refractivity contribution >= 4 is 23.3 Å². The lowest BCUT2D eigenvalue weighted by atomic mass is 9.75. The number of nitrogens with two attached hydrogens (primary N) is 1. The number of methoxy groups -OCH3 is 1. The molecule has 182 valence electrons. The van der Waals surface area contributed by atoms with Gasteiger partial charge in [-0.3, -0.25) is 14.9 Å². The number of hydrogen-bond acceptors (Lipinski definition) is 10. The van der Waals surface area contributed by atoms with E-state index in [1.165, 1.54) is 25.1 Å². The van der Waals surface area contributed by atoms with E-state index >= 15 is 0 Å². The van der Waals surface area contributed by atoms with Gasteiger partial charge in [-0.15, -0.1) is 0 Å². The van der Waals surface area contributed by atoms with Crippen LogP contribution in [0.2, 0.25) is 0 Å². The zero-order valence-electron chi connectivity index (χ0n) is 19.6. The maximum atomic E-state index is 13.1. The quantitative estimate of drug-likeness (QED) is 0.233. The Balaban J connectivity index is 2.78. The monoisotopic (exact) mass is 472 g/mol. The van der Waals surface area contributed by atoms with Crippen LogP contribution in [0.25, 0.3) is 0 Å². The van der Waals surface area contributed by atoms with Crippen molar-refractivity contribution in [3.63, 3.8) is 0 Å². The number of rotatable bonds is 10. The lowest BCUT2D eigenvalue weighted by Gasteiger charge is -2.32. The van der Waals surface area contributed by atoms with Gasteiger partial charge in [0.2, 0.25) is 0 Å². The van der Waals surface area contributed by atoms with E-state index in [0.717, 1.165) is 7.11 Å². The SMILES string of the molecule is COC(=O)C1=C(C#N)N=C(C)C(C(=O)OC(C)C)C1c1cc([N+](=O)[O-])ccc1OCCCCN. The van der Waals surface area contributed by atoms with Crippen LogP contribution in [0.1, 0.15) is 45.1 Å². The van der Waals surface area contributed by atoms with E-state index in [-0.39, 0.29) is 40.6 Å². The summed E-state index contributed by atoms with van der Waals surface area (Å²) in [5.41, 5.74) is 5.21. The molecule has 1 aromatic rings. The second kappa shape index (κ2) is 11.9. The Hall–Kier alpha value is -3.78. The average molecular weight is 472 g/mol. The number of carbonyl (C=O) groups is 2. The number of esters is 2. The number of ether oxygens (including phenoxy) is 3. The van der Waals surface area contributed by atoms with E-state index < -0.39 is 34.8 Å². The number of aliphatic imine (C=N–C) groups is 1. The molecule has 1 aliphatic heterocycles. The van der Waals surface area contributed by atoms with E-state index in [0.29, 0.717) is 19.4 Å². The molecule has 2 rings (SSSR count). The van der Waals surface area contributed by atoms with Crippen molar-refractivity contribution in [2.24, 2.45) is 16.6 Å². The molecular weight excluding hydrogens is 444 g/mol. The number of nitriles is 1. The molecule has 1 aliphatic rings. The van der Waals surface area contributed by atoms with Crippen LogP contribution in [-0.4, -0.2) is 48.9 Å². The first kappa shape index (κ1) is 26.5. The van der Waals surface area contributed by atoms with Crippen LogP contribution in [0.4, 0.5) is 5.69 Å². The zero-order valence-corrected chi connectivity index (χ0v) is 19.6. The third kappa shape index (κ3) is 5.96. The van der Waals surface area contributed by atoms with Crippen LogP contribution in [0.5, 0.6) is 5.75 Å². The van der Waals surface area contributed by atoms with Crippen LogP contribution in [0, 0.1) is 27.4 Å². The van der Waals surface area contributed by atoms with Gasteiger partial charge in [0.05, 0.1) is 30.3 Å². The van der Waals surface area contributed by atoms with Gasteiger partial charge in [0, 0.05) is 29.3 Å². The fourth-order valence-corrected chi connectivity index (χ4v) is 3.68. The Morgan fingerprint density at radius 3 is 2.59 bits per heavy atom. The summed E-state index contributed by atoms with van der Waals surface area (Å²) in [6.07, 6.45) is 0.855. The van der Waals surface area contributed by atoms with Crippen molar-refractivity contribution in [1.82, 2.24) is 0 Å². The molecule has 2 unspecified atom stereocenters. The minimum atomic E-state index is -1.16. The van der Waals surface area contributed by atoms with Gasteiger partial charge in [-0.05, 0) is 46.2 Å². The lowest BCUT2D eigenvalue weighted by Crippen LogP contribution is -2.37. The number of nitro groups is 1. The van der Waals surface area contributed by atoms with Crippen molar-refractivity contribution in [3.05, 3.63) is 45.1 Å². The highest BCUT2D eigenvalue weighted by molar-refractivity contribution is 6.07. The van der Waals surface area contributed by atoms with E-state index in [9.17, 15) is 25.0 Å². The van der Waals surface area contributed by atoms with Crippen LogP contribution in [-0.2, 0) is 19.1 Å². The standard InChI is InChI=1S/C23H28N4O7/c1-13(2)34-23(29)19-14(3)26-17(12-25)21(22(28)32-4)20(19)16-11-15(27(30)31)7-8-18(16)33-10-6-5-9-24/h7-8,11,13,19-20H,5-6,9-10,24H2,1-4H3. The summed E-state index contributed by atoms with van der Waals surface area (Å²) in [6, 6.07) is 5.77. The molecule has 0 spiro atoms. The van der Waals surface area contributed by atoms with Gasteiger partial charge < -0.3 is 19.9 Å². The molecule has 1 heterocycles. The molecule has 0 amide bonds. The highest BCUT2D eigenvalue weighted by atomic mass is 16.6. The first-order chi connectivity index (χ1) is 16.2. The Labute approximate surface area is 197 Å². The molecule has 0 saturated heterocycles. The molecule has 0 bridgehead atoms. The van der Waals surface area contributed by atoms with Gasteiger partial charge in [-0.1, -0.05) is 0 Å². The molecule has 0 aromatic heterocycles. The van der Waals surface area contributed by atoms with Crippen LogP contribution < -0.4 is 10.5 Å². The maximum absolute atomic E-state index is 13.1. The molecule has 1 aromatic carbocycles. The summed E-state index contributed by atoms with van der Waals surface area (Å²) in [5.74, 6) is -3.65. The molecule has 2 N–H and O–H groups in total. The molecule has 0 aliphatic carbocycles. The van der Waals surface area contributed by atoms with Gasteiger partial charge in [0.25, 0.3) is 5.69 Å². The van der Waals surface area contributed by atoms with Crippen molar-refractivity contribution in [2.45, 2.75) is 45.6 Å². The first-order valence-electron chi connectivity index (χ1n) is 10.8. The molecule has 0 fully saturated rings. The van der Waals surface area contributed by atoms with Crippen molar-refractivity contribution in [3.8, 4) is 11.8 Å². The molecule has 11 heteroatoms. The molecule has 2 atom stereocenters. The Morgan fingerprint density at radius 2 is 2.03 bits per heavy atom. The summed E-state index contributed by atoms with van der Waals surface area (Å²) < 4.78 is 16.2. The van der Waals surface area contributed by atoms with Crippen molar-refractivity contribution < 1.29 is 28.7 Å². The largest absolute Gasteiger partial charge is 0.493 e. The number of allylic oxidation sites excluding steroid dienone is 1. The summed E-state index contributed by atoms with van der Waals surface area (Å²) in [6.45, 7) is 5.59. The number of nitrogens with zero attached hydrogens (tertiary/aromatic N) is 3. The third-order valence-corrected chi connectivity index (χ3v) is 5.15. The number of nitro benzene ring substituents is 1. The minimum absolute atomic E-state index is 0.176. The maximum Gasteiger partial charge on any atom is 0.337 e. The van der Waals surface area contributed by atoms with Gasteiger partial charge in [-0.25, -0.2) is 9.79 Å². The Morgan fingerprint density at radius 1 is 1.32 bits per heavy atom. The summed E-state index contributed by atoms with van der Waals surface area (Å²) in [7, 11) is 1.13. The van der Waals surface area contributed by atoms with E-state index in [2.05, 4.69) is 4.99 Å². The Bertz CT molecular complexity index is 1060. The predicted molar refractivity (Wildman–Crippen MR) is 122 cm³/mol. The zero-order chi connectivity index (χ0) is 25.4. The smallest absolute Gasteiger partial charge is 0.337 e. The van der Waals surface area contributed by atoms with Gasteiger partial charge in [-0.2, -0.15) is 5.26 Å². The summed E-state index contributed by atoms with van der Waals surface area (Å²) in [5, 5.41) is 21.2. The Kier molecular flexibility index (Phi) is 9.27. The van der Waals surface area contributed by atoms with E-state index in [1.54, 1.807) is 13.8 Å². The number of carbonyl (C=O) groups excluding carboxylic acids is 2. The molecule has 34 heavy (non-hydrogen) atoms. The molecule has 0 radical (unpaired) electrons. The first-order valence-corrected chi connectivity index (χ1v) is 10.8. The highest BCUT2D eigenvalue weighted by Crippen LogP contribution is 2.44. The molecular formula is C23H28N4O7. The summed E-state index contributed by atoms with van der Waals surface area (Å²) in [4.78, 5) is 41.0. The number of hydrogen-bond donors (Lipinski definition) is 1.